The van der Waals surface area contributed by atoms with Gasteiger partial charge in [0.25, 0.3) is 0 Å². The summed E-state index contributed by atoms with van der Waals surface area (Å²) in [6.45, 7) is 1.84. The Balaban J connectivity index is 2.38. The second-order valence-electron chi connectivity index (χ2n) is 4.16. The van der Waals surface area contributed by atoms with Crippen molar-refractivity contribution in [3.05, 3.63) is 70.5 Å². The Hall–Kier alpha value is -2.18. The number of hydrogen-bond acceptors (Lipinski definition) is 2. The van der Waals surface area contributed by atoms with Gasteiger partial charge in [0.1, 0.15) is 11.9 Å². The summed E-state index contributed by atoms with van der Waals surface area (Å²) in [4.78, 5) is 0. The Morgan fingerprint density at radius 3 is 2.44 bits per heavy atom. The van der Waals surface area contributed by atoms with Gasteiger partial charge in [-0.05, 0) is 30.7 Å². The van der Waals surface area contributed by atoms with Crippen LogP contribution in [0.4, 0.5) is 4.39 Å². The van der Waals surface area contributed by atoms with Gasteiger partial charge < -0.3 is 5.11 Å². The monoisotopic (exact) mass is 241 g/mol. The van der Waals surface area contributed by atoms with Crippen LogP contribution in [0.1, 0.15) is 28.4 Å². The number of rotatable bonds is 2. The molecule has 1 N–H and O–H groups in total. The van der Waals surface area contributed by atoms with Crippen LogP contribution in [-0.4, -0.2) is 5.11 Å². The fourth-order valence-corrected chi connectivity index (χ4v) is 1.79. The summed E-state index contributed by atoms with van der Waals surface area (Å²) in [5, 5.41) is 18.8. The Morgan fingerprint density at radius 2 is 1.83 bits per heavy atom. The molecule has 1 atom stereocenters. The van der Waals surface area contributed by atoms with Crippen molar-refractivity contribution in [1.29, 1.82) is 5.26 Å². The van der Waals surface area contributed by atoms with Crippen LogP contribution in [-0.2, 0) is 0 Å². The van der Waals surface area contributed by atoms with Crippen molar-refractivity contribution in [3.8, 4) is 6.07 Å². The molecule has 2 rings (SSSR count). The molecule has 2 aromatic carbocycles. The molecule has 0 aromatic heterocycles. The number of nitrogens with zero attached hydrogens (tertiary/aromatic N) is 1. The second-order valence-corrected chi connectivity index (χ2v) is 4.16. The average molecular weight is 241 g/mol. The van der Waals surface area contributed by atoms with E-state index in [2.05, 4.69) is 0 Å². The Bertz CT molecular complexity index is 599. The van der Waals surface area contributed by atoms with Crippen molar-refractivity contribution < 1.29 is 9.50 Å². The molecular formula is C15H12FNO. The summed E-state index contributed by atoms with van der Waals surface area (Å²) >= 11 is 0. The molecule has 0 aliphatic carbocycles. The smallest absolute Gasteiger partial charge is 0.129 e. The maximum absolute atomic E-state index is 13.6. The van der Waals surface area contributed by atoms with E-state index in [1.54, 1.807) is 36.4 Å². The van der Waals surface area contributed by atoms with Gasteiger partial charge in [0.15, 0.2) is 0 Å². The quantitative estimate of drug-likeness (QED) is 0.878. The predicted octanol–water partition coefficient (Wildman–Crippen LogP) is 3.09. The number of halogens is 1. The molecule has 1 unspecified atom stereocenters. The number of nitriles is 1. The highest BCUT2D eigenvalue weighted by Crippen LogP contribution is 2.25. The lowest BCUT2D eigenvalue weighted by molar-refractivity contribution is 0.215. The first-order valence-electron chi connectivity index (χ1n) is 5.56. The lowest BCUT2D eigenvalue weighted by atomic mass is 9.99. The highest BCUT2D eigenvalue weighted by molar-refractivity contribution is 5.37. The minimum Gasteiger partial charge on any atom is -0.384 e. The number of hydrogen-bond donors (Lipinski definition) is 1. The zero-order valence-corrected chi connectivity index (χ0v) is 9.89. The maximum atomic E-state index is 13.6. The number of benzene rings is 2. The van der Waals surface area contributed by atoms with Crippen molar-refractivity contribution in [3.63, 3.8) is 0 Å². The lowest BCUT2D eigenvalue weighted by Crippen LogP contribution is -2.03. The van der Waals surface area contributed by atoms with Crippen LogP contribution in [0, 0.1) is 24.1 Å². The third-order valence-corrected chi connectivity index (χ3v) is 2.80. The van der Waals surface area contributed by atoms with Gasteiger partial charge >= 0.3 is 0 Å². The molecule has 0 amide bonds. The van der Waals surface area contributed by atoms with E-state index in [0.29, 0.717) is 11.1 Å². The molecule has 18 heavy (non-hydrogen) atoms. The third-order valence-electron chi connectivity index (χ3n) is 2.80. The molecule has 0 spiro atoms. The molecule has 0 fully saturated rings. The Kier molecular flexibility index (Phi) is 3.40. The molecule has 0 heterocycles. The van der Waals surface area contributed by atoms with Crippen LogP contribution in [0.3, 0.4) is 0 Å². The van der Waals surface area contributed by atoms with Crippen molar-refractivity contribution in [2.75, 3.05) is 0 Å². The van der Waals surface area contributed by atoms with E-state index in [9.17, 15) is 9.50 Å². The zero-order valence-electron chi connectivity index (χ0n) is 9.89. The fraction of sp³-hybridized carbons (Fsp3) is 0.133. The summed E-state index contributed by atoms with van der Waals surface area (Å²) in [6.07, 6.45) is -1.02. The van der Waals surface area contributed by atoms with E-state index in [-0.39, 0.29) is 5.56 Å². The zero-order chi connectivity index (χ0) is 13.1. The summed E-state index contributed by atoms with van der Waals surface area (Å²) in [7, 11) is 0. The van der Waals surface area contributed by atoms with Gasteiger partial charge in [-0.2, -0.15) is 5.26 Å². The van der Waals surface area contributed by atoms with Crippen LogP contribution in [0.2, 0.25) is 0 Å². The first kappa shape index (κ1) is 12.3. The number of aliphatic hydroxyl groups excluding tert-OH is 1. The SMILES string of the molecule is Cc1ccc(F)c(C(O)c2ccc(C#N)cc2)c1. The van der Waals surface area contributed by atoms with Gasteiger partial charge in [-0.15, -0.1) is 0 Å². The molecule has 0 aliphatic heterocycles. The minimum absolute atomic E-state index is 0.250. The first-order valence-corrected chi connectivity index (χ1v) is 5.56. The van der Waals surface area contributed by atoms with Gasteiger partial charge in [0.05, 0.1) is 11.6 Å². The molecule has 2 aromatic rings. The van der Waals surface area contributed by atoms with Crippen molar-refractivity contribution in [1.82, 2.24) is 0 Å². The first-order chi connectivity index (χ1) is 8.61. The lowest BCUT2D eigenvalue weighted by Gasteiger charge is -2.13. The van der Waals surface area contributed by atoms with Gasteiger partial charge in [0.2, 0.25) is 0 Å². The van der Waals surface area contributed by atoms with Crippen LogP contribution in [0.15, 0.2) is 42.5 Å². The van der Waals surface area contributed by atoms with Crippen LogP contribution in [0.25, 0.3) is 0 Å². The summed E-state index contributed by atoms with van der Waals surface area (Å²) in [6, 6.07) is 13.1. The van der Waals surface area contributed by atoms with Gasteiger partial charge in [0, 0.05) is 5.56 Å². The van der Waals surface area contributed by atoms with Crippen molar-refractivity contribution in [2.45, 2.75) is 13.0 Å². The summed E-state index contributed by atoms with van der Waals surface area (Å²) in [5.74, 6) is -0.433. The molecule has 0 saturated heterocycles. The van der Waals surface area contributed by atoms with Crippen molar-refractivity contribution in [2.24, 2.45) is 0 Å². The van der Waals surface area contributed by atoms with E-state index in [1.165, 1.54) is 6.07 Å². The van der Waals surface area contributed by atoms with Gasteiger partial charge in [-0.25, -0.2) is 4.39 Å². The fourth-order valence-electron chi connectivity index (χ4n) is 1.79. The second kappa shape index (κ2) is 4.99. The third kappa shape index (κ3) is 2.39. The van der Waals surface area contributed by atoms with Crippen LogP contribution >= 0.6 is 0 Å². The van der Waals surface area contributed by atoms with E-state index < -0.39 is 11.9 Å². The topological polar surface area (TPSA) is 44.0 Å². The Labute approximate surface area is 105 Å². The van der Waals surface area contributed by atoms with E-state index in [0.717, 1.165) is 5.56 Å². The van der Waals surface area contributed by atoms with Crippen LogP contribution in [0.5, 0.6) is 0 Å². The number of aliphatic hydroxyl groups is 1. The maximum Gasteiger partial charge on any atom is 0.129 e. The summed E-state index contributed by atoms with van der Waals surface area (Å²) in [5.41, 5.74) is 2.22. The molecule has 0 saturated carbocycles. The normalized spacial score (nSPS) is 11.9. The average Bonchev–Trinajstić information content (AvgIpc) is 2.41. The molecular weight excluding hydrogens is 229 g/mol. The molecule has 2 nitrogen and oxygen atoms in total. The molecule has 3 heteroatoms. The van der Waals surface area contributed by atoms with Crippen molar-refractivity contribution >= 4 is 0 Å². The molecule has 90 valence electrons. The van der Waals surface area contributed by atoms with Crippen LogP contribution < -0.4 is 0 Å². The predicted molar refractivity (Wildman–Crippen MR) is 66.4 cm³/mol. The molecule has 0 radical (unpaired) electrons. The number of aryl methyl sites for hydroxylation is 1. The largest absolute Gasteiger partial charge is 0.384 e. The minimum atomic E-state index is -1.02. The standard InChI is InChI=1S/C15H12FNO/c1-10-2-7-14(16)13(8-10)15(18)12-5-3-11(9-17)4-6-12/h2-8,15,18H,1H3. The van der Waals surface area contributed by atoms with E-state index in [1.807, 2.05) is 13.0 Å². The summed E-state index contributed by atoms with van der Waals surface area (Å²) < 4.78 is 13.6. The van der Waals surface area contributed by atoms with E-state index >= 15 is 0 Å². The molecule has 0 aliphatic rings. The van der Waals surface area contributed by atoms with E-state index in [4.69, 9.17) is 5.26 Å². The van der Waals surface area contributed by atoms with Gasteiger partial charge in [-0.3, -0.25) is 0 Å². The highest BCUT2D eigenvalue weighted by atomic mass is 19.1. The molecule has 0 bridgehead atoms. The highest BCUT2D eigenvalue weighted by Gasteiger charge is 2.14. The Morgan fingerprint density at radius 1 is 1.17 bits per heavy atom. The van der Waals surface area contributed by atoms with Gasteiger partial charge in [-0.1, -0.05) is 29.8 Å².